The number of fused-ring (bicyclic) bond motifs is 2. The van der Waals surface area contributed by atoms with Crippen LogP contribution in [-0.4, -0.2) is 53.5 Å². The van der Waals surface area contributed by atoms with Gasteiger partial charge in [0.1, 0.15) is 11.8 Å². The van der Waals surface area contributed by atoms with E-state index < -0.39 is 0 Å². The van der Waals surface area contributed by atoms with Gasteiger partial charge >= 0.3 is 0 Å². The van der Waals surface area contributed by atoms with Gasteiger partial charge in [-0.15, -0.1) is 0 Å². The fraction of sp³-hybridized carbons (Fsp3) is 0.250. The molecule has 2 aromatic carbocycles. The number of piperidine rings is 1. The first kappa shape index (κ1) is 24.0. The van der Waals surface area contributed by atoms with Crippen molar-refractivity contribution in [2.45, 2.75) is 18.6 Å². The lowest BCUT2D eigenvalue weighted by atomic mass is 9.95. The van der Waals surface area contributed by atoms with Crippen molar-refractivity contribution in [3.63, 3.8) is 0 Å². The largest absolute Gasteiger partial charge is 0.506 e. The van der Waals surface area contributed by atoms with Gasteiger partial charge in [-0.2, -0.15) is 5.26 Å². The Kier molecular flexibility index (Phi) is 6.35. The molecule has 2 saturated heterocycles. The number of phenols is 1. The number of nitriles is 1. The van der Waals surface area contributed by atoms with Gasteiger partial charge in [-0.05, 0) is 42.3 Å². The van der Waals surface area contributed by atoms with Crippen LogP contribution in [0.1, 0.15) is 12.0 Å². The zero-order valence-corrected chi connectivity index (χ0v) is 21.3. The van der Waals surface area contributed by atoms with E-state index in [4.69, 9.17) is 27.9 Å². The monoisotopic (exact) mass is 531 g/mol. The number of nitrogens with zero attached hydrogens (tertiary/aromatic N) is 4. The molecule has 0 radical (unpaired) electrons. The number of phenolic OH excluding ortho intramolecular Hbond substituents is 1. The van der Waals surface area contributed by atoms with E-state index in [1.54, 1.807) is 30.5 Å². The molecule has 186 valence electrons. The zero-order chi connectivity index (χ0) is 25.5. The number of hydrogen-bond donors (Lipinski definition) is 2. The number of rotatable bonds is 3. The van der Waals surface area contributed by atoms with Crippen LogP contribution < -0.4 is 10.2 Å². The summed E-state index contributed by atoms with van der Waals surface area (Å²) in [6.45, 7) is 3.07. The number of pyridine rings is 2. The number of hydrogen-bond acceptors (Lipinski definition) is 7. The highest BCUT2D eigenvalue weighted by Crippen LogP contribution is 2.41. The maximum atomic E-state index is 10.7. The molecule has 2 aromatic heterocycles. The molecule has 2 aliphatic heterocycles. The van der Waals surface area contributed by atoms with Gasteiger partial charge in [-0.25, -0.2) is 9.97 Å². The highest BCUT2D eigenvalue weighted by atomic mass is 35.5. The maximum Gasteiger partial charge on any atom is 0.161 e. The van der Waals surface area contributed by atoms with Gasteiger partial charge in [0.25, 0.3) is 0 Å². The van der Waals surface area contributed by atoms with Crippen molar-refractivity contribution >= 4 is 39.9 Å². The topological polar surface area (TPSA) is 94.3 Å². The van der Waals surface area contributed by atoms with E-state index in [1.807, 2.05) is 30.5 Å². The Balaban J connectivity index is 1.56. The molecule has 0 unspecified atom stereocenters. The summed E-state index contributed by atoms with van der Waals surface area (Å²) >= 11 is 12.8. The molecule has 6 rings (SSSR count). The smallest absolute Gasteiger partial charge is 0.161 e. The summed E-state index contributed by atoms with van der Waals surface area (Å²) in [4.78, 5) is 11.6. The highest BCUT2D eigenvalue weighted by Gasteiger charge is 2.34. The Morgan fingerprint density at radius 3 is 2.68 bits per heavy atom. The number of nitrogens with one attached hydrogen (secondary N) is 1. The number of morpholine rings is 1. The number of benzene rings is 2. The molecule has 0 saturated carbocycles. The summed E-state index contributed by atoms with van der Waals surface area (Å²) in [6, 6.07) is 14.9. The summed E-state index contributed by atoms with van der Waals surface area (Å²) in [5, 5.41) is 25.6. The normalized spacial score (nSPS) is 19.4. The Morgan fingerprint density at radius 2 is 1.86 bits per heavy atom. The van der Waals surface area contributed by atoms with Crippen molar-refractivity contribution in [2.75, 3.05) is 31.1 Å². The molecule has 0 spiro atoms. The first-order chi connectivity index (χ1) is 18.0. The van der Waals surface area contributed by atoms with Gasteiger partial charge in [-0.3, -0.25) is 0 Å². The van der Waals surface area contributed by atoms with Crippen LogP contribution in [0.4, 0.5) is 5.69 Å². The average molecular weight is 532 g/mol. The minimum Gasteiger partial charge on any atom is -0.506 e. The van der Waals surface area contributed by atoms with Crippen LogP contribution in [0.3, 0.4) is 0 Å². The molecule has 0 amide bonds. The molecular weight excluding hydrogens is 509 g/mol. The van der Waals surface area contributed by atoms with Gasteiger partial charge in [0, 0.05) is 70.2 Å². The van der Waals surface area contributed by atoms with Crippen LogP contribution in [0.5, 0.6) is 5.75 Å². The fourth-order valence-electron chi connectivity index (χ4n) is 5.32. The van der Waals surface area contributed by atoms with E-state index in [-0.39, 0.29) is 17.4 Å². The van der Waals surface area contributed by atoms with Gasteiger partial charge in [-0.1, -0.05) is 35.3 Å². The first-order valence-electron chi connectivity index (χ1n) is 12.1. The van der Waals surface area contributed by atoms with Crippen molar-refractivity contribution < 1.29 is 9.84 Å². The van der Waals surface area contributed by atoms with Gasteiger partial charge in [0.05, 0.1) is 24.0 Å². The maximum absolute atomic E-state index is 10.7. The first-order valence-corrected chi connectivity index (χ1v) is 12.8. The quantitative estimate of drug-likeness (QED) is 0.364. The van der Waals surface area contributed by atoms with Crippen LogP contribution in [0.2, 0.25) is 10.0 Å². The lowest BCUT2D eigenvalue weighted by Gasteiger charge is -2.43. The average Bonchev–Trinajstić information content (AvgIpc) is 2.91. The summed E-state index contributed by atoms with van der Waals surface area (Å²) < 4.78 is 6.12. The summed E-state index contributed by atoms with van der Waals surface area (Å²) in [5.41, 5.74) is 4.71. The minimum atomic E-state index is -0.0686. The second-order valence-corrected chi connectivity index (χ2v) is 10.2. The lowest BCUT2D eigenvalue weighted by molar-refractivity contribution is -0.00896. The van der Waals surface area contributed by atoms with Crippen LogP contribution in [0, 0.1) is 11.3 Å². The van der Waals surface area contributed by atoms with Crippen LogP contribution in [0.15, 0.2) is 54.9 Å². The fourth-order valence-corrected chi connectivity index (χ4v) is 5.84. The molecule has 2 atom stereocenters. The minimum absolute atomic E-state index is 0.0639. The molecule has 0 bridgehead atoms. The number of para-hydroxylation sites is 1. The molecule has 7 nitrogen and oxygen atoms in total. The summed E-state index contributed by atoms with van der Waals surface area (Å²) in [7, 11) is 0. The third-order valence-electron chi connectivity index (χ3n) is 7.05. The highest BCUT2D eigenvalue weighted by molar-refractivity contribution is 6.35. The molecule has 2 fully saturated rings. The lowest BCUT2D eigenvalue weighted by Crippen LogP contribution is -2.57. The Morgan fingerprint density at radius 1 is 1.05 bits per heavy atom. The van der Waals surface area contributed by atoms with E-state index in [2.05, 4.69) is 20.2 Å². The Bertz CT molecular complexity index is 1530. The third kappa shape index (κ3) is 4.47. The second kappa shape index (κ2) is 9.81. The Labute approximate surface area is 224 Å². The number of aromatic hydroxyl groups is 1. The number of ether oxygens (including phenoxy) is 1. The van der Waals surface area contributed by atoms with E-state index in [1.165, 1.54) is 0 Å². The second-order valence-electron chi connectivity index (χ2n) is 9.29. The number of anilines is 1. The molecule has 9 heteroatoms. The molecule has 0 aliphatic carbocycles. The van der Waals surface area contributed by atoms with Gasteiger partial charge < -0.3 is 20.1 Å². The van der Waals surface area contributed by atoms with Crippen molar-refractivity contribution in [1.82, 2.24) is 15.3 Å². The van der Waals surface area contributed by atoms with E-state index in [0.717, 1.165) is 41.7 Å². The molecule has 4 aromatic rings. The van der Waals surface area contributed by atoms with Gasteiger partial charge in [0.15, 0.2) is 5.65 Å². The van der Waals surface area contributed by atoms with Gasteiger partial charge in [0.2, 0.25) is 0 Å². The standard InChI is InChI=1S/C28H23Cl2N5O2/c29-19-8-17(9-20(30)11-19)23-14-34-28-22(26(23)35-6-4-24-25(15-35)37-7-5-32-24)10-18(13-33-28)21-3-1-2-16(12-31)27(21)36/h1-3,8-11,13-14,24-25,32,36H,4-7,15H2/t24-,25-/m1/s1. The summed E-state index contributed by atoms with van der Waals surface area (Å²) in [6.07, 6.45) is 4.48. The SMILES string of the molecule is N#Cc1cccc(-c2cnc3ncc(-c4cc(Cl)cc(Cl)c4)c(N4CC[C@H]5NCCO[C@@H]5C4)c3c2)c1O. The third-order valence-corrected chi connectivity index (χ3v) is 7.49. The molecular formula is C28H23Cl2N5O2. The van der Waals surface area contributed by atoms with E-state index in [9.17, 15) is 10.4 Å². The Hall–Kier alpha value is -3.41. The number of aromatic nitrogens is 2. The number of halogens is 2. The zero-order valence-electron chi connectivity index (χ0n) is 19.8. The van der Waals surface area contributed by atoms with Crippen molar-refractivity contribution in [1.29, 1.82) is 5.26 Å². The van der Waals surface area contributed by atoms with Crippen LogP contribution in [0.25, 0.3) is 33.3 Å². The molecule has 4 heterocycles. The van der Waals surface area contributed by atoms with E-state index >= 15 is 0 Å². The summed E-state index contributed by atoms with van der Waals surface area (Å²) in [5.74, 6) is -0.0686. The van der Waals surface area contributed by atoms with Crippen LogP contribution in [-0.2, 0) is 4.74 Å². The molecule has 37 heavy (non-hydrogen) atoms. The van der Waals surface area contributed by atoms with E-state index in [0.29, 0.717) is 46.0 Å². The predicted molar refractivity (Wildman–Crippen MR) is 145 cm³/mol. The van der Waals surface area contributed by atoms with Crippen LogP contribution >= 0.6 is 23.2 Å². The molecule has 2 aliphatic rings. The van der Waals surface area contributed by atoms with Crippen molar-refractivity contribution in [3.8, 4) is 34.1 Å². The predicted octanol–water partition coefficient (Wildman–Crippen LogP) is 5.41. The van der Waals surface area contributed by atoms with Crippen molar-refractivity contribution in [3.05, 3.63) is 70.5 Å². The van der Waals surface area contributed by atoms with Crippen molar-refractivity contribution in [2.24, 2.45) is 0 Å². The molecule has 2 N–H and O–H groups in total.